The summed E-state index contributed by atoms with van der Waals surface area (Å²) in [5, 5.41) is 9.70. The molecule has 1 heterocycles. The van der Waals surface area contributed by atoms with E-state index in [1.54, 1.807) is 13.3 Å². The molecule has 0 aromatic carbocycles. The van der Waals surface area contributed by atoms with Crippen molar-refractivity contribution in [3.63, 3.8) is 0 Å². The van der Waals surface area contributed by atoms with Crippen molar-refractivity contribution in [1.82, 2.24) is 10.7 Å². The number of hydrogen-bond acceptors (Lipinski definition) is 3. The van der Waals surface area contributed by atoms with Gasteiger partial charge < -0.3 is 5.32 Å². The molecule has 1 aromatic heterocycles. The second-order valence-corrected chi connectivity index (χ2v) is 3.90. The van der Waals surface area contributed by atoms with E-state index >= 15 is 0 Å². The normalized spacial score (nSPS) is 10.3. The Morgan fingerprint density at radius 2 is 2.54 bits per heavy atom. The first kappa shape index (κ1) is 10.4. The Kier molecular flexibility index (Phi) is 4.14. The summed E-state index contributed by atoms with van der Waals surface area (Å²) in [6, 6.07) is 1.83. The molecule has 70 valence electrons. The van der Waals surface area contributed by atoms with Crippen LogP contribution >= 0.6 is 35.2 Å². The Morgan fingerprint density at radius 3 is 3.08 bits per heavy atom. The molecule has 3 nitrogen and oxygen atoms in total. The number of hydrogen-bond donors (Lipinski definition) is 2. The fraction of sp³-hybridized carbons (Fsp3) is 0.143. The minimum atomic E-state index is 0.485. The van der Waals surface area contributed by atoms with E-state index in [4.69, 9.17) is 23.8 Å². The first-order chi connectivity index (χ1) is 6.22. The summed E-state index contributed by atoms with van der Waals surface area (Å²) in [6.07, 6.45) is 1.67. The predicted octanol–water partition coefficient (Wildman–Crippen LogP) is 1.83. The maximum Gasteiger partial charge on any atom is 0.186 e. The van der Waals surface area contributed by atoms with E-state index < -0.39 is 0 Å². The summed E-state index contributed by atoms with van der Waals surface area (Å²) in [7, 11) is 1.73. The van der Waals surface area contributed by atoms with Gasteiger partial charge >= 0.3 is 0 Å². The zero-order valence-electron chi connectivity index (χ0n) is 6.87. The molecule has 0 saturated heterocycles. The summed E-state index contributed by atoms with van der Waals surface area (Å²) in [5.74, 6) is 0. The highest BCUT2D eigenvalue weighted by atomic mass is 35.5. The quantitative estimate of drug-likeness (QED) is 0.465. The van der Waals surface area contributed by atoms with E-state index in [2.05, 4.69) is 15.8 Å². The van der Waals surface area contributed by atoms with Crippen LogP contribution in [0.25, 0.3) is 0 Å². The van der Waals surface area contributed by atoms with Gasteiger partial charge in [0.15, 0.2) is 5.11 Å². The maximum absolute atomic E-state index is 5.72. The Labute approximate surface area is 90.8 Å². The van der Waals surface area contributed by atoms with Gasteiger partial charge in [-0.05, 0) is 18.3 Å². The molecule has 0 bridgehead atoms. The van der Waals surface area contributed by atoms with Crippen molar-refractivity contribution in [3.05, 3.63) is 21.3 Å². The van der Waals surface area contributed by atoms with E-state index in [9.17, 15) is 0 Å². The van der Waals surface area contributed by atoms with E-state index in [0.29, 0.717) is 5.11 Å². The number of halogens is 1. The summed E-state index contributed by atoms with van der Waals surface area (Å²) in [4.78, 5) is 0.983. The summed E-state index contributed by atoms with van der Waals surface area (Å²) in [6.45, 7) is 0. The third-order valence-corrected chi connectivity index (χ3v) is 2.68. The molecule has 0 unspecified atom stereocenters. The van der Waals surface area contributed by atoms with Crippen LogP contribution in [-0.4, -0.2) is 18.4 Å². The first-order valence-corrected chi connectivity index (χ1v) is 5.14. The third kappa shape index (κ3) is 3.71. The van der Waals surface area contributed by atoms with E-state index in [0.717, 1.165) is 9.90 Å². The summed E-state index contributed by atoms with van der Waals surface area (Å²) < 4.78 is 0. The molecular weight excluding hydrogens is 226 g/mol. The van der Waals surface area contributed by atoms with Crippen molar-refractivity contribution < 1.29 is 0 Å². The average Bonchev–Trinajstić information content (AvgIpc) is 2.51. The monoisotopic (exact) mass is 233 g/mol. The molecule has 0 aliphatic carbocycles. The lowest BCUT2D eigenvalue weighted by atomic mass is 10.5. The number of thiophene rings is 1. The SMILES string of the molecule is CNC(=S)N/N=C/c1cc(Cl)cs1. The van der Waals surface area contributed by atoms with Crippen LogP contribution < -0.4 is 10.7 Å². The third-order valence-electron chi connectivity index (χ3n) is 1.17. The highest BCUT2D eigenvalue weighted by Gasteiger charge is 1.92. The van der Waals surface area contributed by atoms with Crippen LogP contribution in [0.1, 0.15) is 4.88 Å². The van der Waals surface area contributed by atoms with Crippen LogP contribution in [0.4, 0.5) is 0 Å². The molecule has 13 heavy (non-hydrogen) atoms. The van der Waals surface area contributed by atoms with Gasteiger partial charge in [0, 0.05) is 17.3 Å². The fourth-order valence-electron chi connectivity index (χ4n) is 0.606. The van der Waals surface area contributed by atoms with Gasteiger partial charge in [0.25, 0.3) is 0 Å². The maximum atomic E-state index is 5.72. The van der Waals surface area contributed by atoms with E-state index in [1.807, 2.05) is 11.4 Å². The van der Waals surface area contributed by atoms with Crippen LogP contribution in [0.2, 0.25) is 5.02 Å². The molecule has 0 amide bonds. The number of nitrogens with zero attached hydrogens (tertiary/aromatic N) is 1. The first-order valence-electron chi connectivity index (χ1n) is 3.47. The summed E-state index contributed by atoms with van der Waals surface area (Å²) in [5.41, 5.74) is 2.64. The van der Waals surface area contributed by atoms with Crippen LogP contribution in [0.5, 0.6) is 0 Å². The van der Waals surface area contributed by atoms with Crippen molar-refractivity contribution in [3.8, 4) is 0 Å². The molecule has 6 heteroatoms. The predicted molar refractivity (Wildman–Crippen MR) is 61.7 cm³/mol. The number of thiocarbonyl (C=S) groups is 1. The second kappa shape index (κ2) is 5.16. The van der Waals surface area contributed by atoms with Crippen LogP contribution in [0.15, 0.2) is 16.5 Å². The van der Waals surface area contributed by atoms with Crippen LogP contribution in [-0.2, 0) is 0 Å². The highest BCUT2D eigenvalue weighted by molar-refractivity contribution is 7.80. The highest BCUT2D eigenvalue weighted by Crippen LogP contribution is 2.16. The van der Waals surface area contributed by atoms with Gasteiger partial charge in [-0.15, -0.1) is 11.3 Å². The Hall–Kier alpha value is -0.650. The fourth-order valence-corrected chi connectivity index (χ4v) is 1.60. The molecule has 1 rings (SSSR count). The molecule has 0 aliphatic rings. The average molecular weight is 234 g/mol. The lowest BCUT2D eigenvalue weighted by Gasteiger charge is -1.98. The largest absolute Gasteiger partial charge is 0.364 e. The minimum absolute atomic E-state index is 0.485. The summed E-state index contributed by atoms with van der Waals surface area (Å²) >= 11 is 12.1. The second-order valence-electron chi connectivity index (χ2n) is 2.12. The molecule has 0 atom stereocenters. The van der Waals surface area contributed by atoms with Gasteiger partial charge in [-0.25, -0.2) is 0 Å². The zero-order valence-corrected chi connectivity index (χ0v) is 9.26. The molecule has 0 saturated carbocycles. The van der Waals surface area contributed by atoms with Crippen LogP contribution in [0, 0.1) is 0 Å². The number of hydrazone groups is 1. The van der Waals surface area contributed by atoms with E-state index in [-0.39, 0.29) is 0 Å². The van der Waals surface area contributed by atoms with Crippen molar-refractivity contribution in [1.29, 1.82) is 0 Å². The lowest BCUT2D eigenvalue weighted by molar-refractivity contribution is 0.982. The molecule has 1 aromatic rings. The Morgan fingerprint density at radius 1 is 1.77 bits per heavy atom. The van der Waals surface area contributed by atoms with Gasteiger partial charge in [0.05, 0.1) is 11.2 Å². The number of rotatable bonds is 2. The smallest absolute Gasteiger partial charge is 0.186 e. The molecule has 2 N–H and O–H groups in total. The Balaban J connectivity index is 2.45. The van der Waals surface area contributed by atoms with Crippen molar-refractivity contribution in [2.45, 2.75) is 0 Å². The van der Waals surface area contributed by atoms with Crippen molar-refractivity contribution >= 4 is 46.5 Å². The van der Waals surface area contributed by atoms with Gasteiger partial charge in [0.2, 0.25) is 0 Å². The molecule has 0 aliphatic heterocycles. The van der Waals surface area contributed by atoms with Crippen molar-refractivity contribution in [2.75, 3.05) is 7.05 Å². The number of nitrogens with one attached hydrogen (secondary N) is 2. The molecular formula is C7H8ClN3S2. The van der Waals surface area contributed by atoms with Crippen LogP contribution in [0.3, 0.4) is 0 Å². The van der Waals surface area contributed by atoms with Gasteiger partial charge in [-0.2, -0.15) is 5.10 Å². The van der Waals surface area contributed by atoms with Crippen molar-refractivity contribution in [2.24, 2.45) is 5.10 Å². The van der Waals surface area contributed by atoms with Gasteiger partial charge in [0.1, 0.15) is 0 Å². The molecule has 0 spiro atoms. The standard InChI is InChI=1S/C7H8ClN3S2/c1-9-7(12)11-10-3-6-2-5(8)4-13-6/h2-4H,1H3,(H2,9,11,12)/b10-3+. The topological polar surface area (TPSA) is 36.4 Å². The molecule has 0 radical (unpaired) electrons. The van der Waals surface area contributed by atoms with Gasteiger partial charge in [-0.1, -0.05) is 11.6 Å². The molecule has 0 fully saturated rings. The lowest BCUT2D eigenvalue weighted by Crippen LogP contribution is -2.28. The van der Waals surface area contributed by atoms with Gasteiger partial charge in [-0.3, -0.25) is 5.43 Å². The Bertz CT molecular complexity index is 321. The zero-order chi connectivity index (χ0) is 9.68. The minimum Gasteiger partial charge on any atom is -0.364 e. The van der Waals surface area contributed by atoms with E-state index in [1.165, 1.54) is 11.3 Å².